The summed E-state index contributed by atoms with van der Waals surface area (Å²) in [5.74, 6) is -0.272. The third kappa shape index (κ3) is 4.33. The highest BCUT2D eigenvalue weighted by molar-refractivity contribution is 6.09. The van der Waals surface area contributed by atoms with Gasteiger partial charge >= 0.3 is 0 Å². The number of nitrogens with one attached hydrogen (secondary N) is 1. The number of carbonyl (C=O) groups excluding carboxylic acids is 1. The predicted molar refractivity (Wildman–Crippen MR) is 133 cm³/mol. The van der Waals surface area contributed by atoms with Crippen LogP contribution in [0.5, 0.6) is 0 Å². The molecule has 1 saturated carbocycles. The molecule has 0 aliphatic heterocycles. The van der Waals surface area contributed by atoms with Gasteiger partial charge in [-0.3, -0.25) is 4.79 Å². The van der Waals surface area contributed by atoms with Crippen molar-refractivity contribution >= 4 is 16.8 Å². The van der Waals surface area contributed by atoms with Gasteiger partial charge in [-0.05, 0) is 47.7 Å². The van der Waals surface area contributed by atoms with Gasteiger partial charge in [0.1, 0.15) is 5.82 Å². The second kappa shape index (κ2) is 9.30. The van der Waals surface area contributed by atoms with Crippen molar-refractivity contribution in [1.29, 1.82) is 0 Å². The maximum absolute atomic E-state index is 14.1. The van der Waals surface area contributed by atoms with Crippen molar-refractivity contribution in [2.75, 3.05) is 0 Å². The fraction of sp³-hybridized carbons (Fsp3) is 0.179. The van der Waals surface area contributed by atoms with Gasteiger partial charge in [-0.2, -0.15) is 4.80 Å². The molecule has 0 bridgehead atoms. The monoisotopic (exact) mass is 478 g/mol. The van der Waals surface area contributed by atoms with Crippen LogP contribution in [-0.2, 0) is 6.54 Å². The van der Waals surface area contributed by atoms with Crippen LogP contribution in [0, 0.1) is 11.7 Å². The first kappa shape index (κ1) is 22.0. The van der Waals surface area contributed by atoms with Crippen LogP contribution in [0.15, 0.2) is 85.2 Å². The van der Waals surface area contributed by atoms with Crippen LogP contribution in [0.1, 0.15) is 40.4 Å². The Morgan fingerprint density at radius 3 is 2.58 bits per heavy atom. The van der Waals surface area contributed by atoms with Gasteiger partial charge in [0.05, 0.1) is 29.4 Å². The quantitative estimate of drug-likeness (QED) is 0.358. The highest BCUT2D eigenvalue weighted by atomic mass is 19.1. The standard InChI is InChI=1S/C28H23FN6O/c29-21-10-6-9-20(15-21)26(19-13-14-19)33-28(36)25-22-11-4-5-12-24(22)32-27(18-7-2-1-3-8-18)23(25)16-35-31-17-30-34-35/h1-12,15,17,19,26H,13-14,16H2,(H,33,36). The number of rotatable bonds is 7. The zero-order valence-electron chi connectivity index (χ0n) is 19.4. The molecule has 0 radical (unpaired) electrons. The van der Waals surface area contributed by atoms with Gasteiger partial charge in [-0.1, -0.05) is 60.7 Å². The minimum atomic E-state index is -0.314. The number of hydrogen-bond donors (Lipinski definition) is 1. The van der Waals surface area contributed by atoms with Crippen LogP contribution in [0.3, 0.4) is 0 Å². The van der Waals surface area contributed by atoms with Crippen LogP contribution in [0.4, 0.5) is 4.39 Å². The molecule has 5 aromatic rings. The zero-order chi connectivity index (χ0) is 24.5. The van der Waals surface area contributed by atoms with Gasteiger partial charge in [-0.15, -0.1) is 10.2 Å². The van der Waals surface area contributed by atoms with Crippen LogP contribution in [0.2, 0.25) is 0 Å². The molecule has 1 unspecified atom stereocenters. The number of halogens is 1. The summed E-state index contributed by atoms with van der Waals surface area (Å²) in [5.41, 5.74) is 4.27. The Kier molecular flexibility index (Phi) is 5.69. The number of carbonyl (C=O) groups is 1. The largest absolute Gasteiger partial charge is 0.345 e. The fourth-order valence-corrected chi connectivity index (χ4v) is 4.72. The normalized spacial score (nSPS) is 14.0. The molecule has 7 nitrogen and oxygen atoms in total. The van der Waals surface area contributed by atoms with Crippen molar-refractivity contribution in [1.82, 2.24) is 30.5 Å². The van der Waals surface area contributed by atoms with Gasteiger partial charge in [-0.25, -0.2) is 9.37 Å². The Hall–Kier alpha value is -4.46. The van der Waals surface area contributed by atoms with E-state index >= 15 is 0 Å². The molecule has 1 aliphatic carbocycles. The molecule has 1 fully saturated rings. The lowest BCUT2D eigenvalue weighted by atomic mass is 9.95. The average Bonchev–Trinajstić information content (AvgIpc) is 3.62. The van der Waals surface area contributed by atoms with Crippen LogP contribution >= 0.6 is 0 Å². The lowest BCUT2D eigenvalue weighted by Gasteiger charge is -2.22. The molecule has 1 aliphatic rings. The molecule has 8 heteroatoms. The minimum absolute atomic E-state index is 0.221. The molecule has 2 heterocycles. The molecular formula is C28H23FN6O. The molecular weight excluding hydrogens is 455 g/mol. The van der Waals surface area contributed by atoms with Gasteiger partial charge in [0.2, 0.25) is 0 Å². The van der Waals surface area contributed by atoms with Gasteiger partial charge in [0.25, 0.3) is 5.91 Å². The summed E-state index contributed by atoms with van der Waals surface area (Å²) in [7, 11) is 0. The van der Waals surface area contributed by atoms with E-state index in [1.807, 2.05) is 60.7 Å². The van der Waals surface area contributed by atoms with Crippen LogP contribution < -0.4 is 5.32 Å². The third-order valence-electron chi connectivity index (χ3n) is 6.55. The Bertz CT molecular complexity index is 1530. The second-order valence-electron chi connectivity index (χ2n) is 9.01. The van der Waals surface area contributed by atoms with E-state index in [0.717, 1.165) is 29.4 Å². The number of tetrazole rings is 1. The molecule has 0 saturated heterocycles. The number of amides is 1. The van der Waals surface area contributed by atoms with E-state index < -0.39 is 0 Å². The van der Waals surface area contributed by atoms with Crippen molar-refractivity contribution in [2.45, 2.75) is 25.4 Å². The lowest BCUT2D eigenvalue weighted by molar-refractivity contribution is 0.0932. The third-order valence-corrected chi connectivity index (χ3v) is 6.55. The fourth-order valence-electron chi connectivity index (χ4n) is 4.72. The molecule has 0 spiro atoms. The summed E-state index contributed by atoms with van der Waals surface area (Å²) in [5, 5.41) is 16.0. The van der Waals surface area contributed by atoms with E-state index in [-0.39, 0.29) is 30.2 Å². The number of hydrogen-bond acceptors (Lipinski definition) is 5. The number of fused-ring (bicyclic) bond motifs is 1. The molecule has 3 aromatic carbocycles. The number of benzene rings is 3. The first-order valence-corrected chi connectivity index (χ1v) is 11.9. The lowest BCUT2D eigenvalue weighted by Crippen LogP contribution is -2.31. The molecule has 6 rings (SSSR count). The van der Waals surface area contributed by atoms with Gasteiger partial charge in [0, 0.05) is 16.5 Å². The van der Waals surface area contributed by atoms with Crippen molar-refractivity contribution in [2.24, 2.45) is 5.92 Å². The van der Waals surface area contributed by atoms with E-state index in [0.29, 0.717) is 22.3 Å². The Morgan fingerprint density at radius 2 is 1.83 bits per heavy atom. The summed E-state index contributed by atoms with van der Waals surface area (Å²) < 4.78 is 14.1. The minimum Gasteiger partial charge on any atom is -0.345 e. The molecule has 1 atom stereocenters. The highest BCUT2D eigenvalue weighted by Crippen LogP contribution is 2.41. The highest BCUT2D eigenvalue weighted by Gasteiger charge is 2.35. The van der Waals surface area contributed by atoms with Crippen molar-refractivity contribution in [3.63, 3.8) is 0 Å². The first-order chi connectivity index (χ1) is 17.7. The first-order valence-electron chi connectivity index (χ1n) is 11.9. The van der Waals surface area contributed by atoms with E-state index in [1.165, 1.54) is 23.3 Å². The summed E-state index contributed by atoms with van der Waals surface area (Å²) in [4.78, 5) is 20.5. The van der Waals surface area contributed by atoms with E-state index in [9.17, 15) is 9.18 Å². The van der Waals surface area contributed by atoms with Gasteiger partial charge in [0.15, 0.2) is 6.33 Å². The maximum atomic E-state index is 14.1. The van der Waals surface area contributed by atoms with Crippen LogP contribution in [0.25, 0.3) is 22.2 Å². The number of aromatic nitrogens is 5. The Balaban J connectivity index is 1.52. The predicted octanol–water partition coefficient (Wildman–Crippen LogP) is 4.96. The van der Waals surface area contributed by atoms with Crippen molar-refractivity contribution in [3.05, 3.63) is 108 Å². The smallest absolute Gasteiger partial charge is 0.252 e. The summed E-state index contributed by atoms with van der Waals surface area (Å²) in [6.07, 6.45) is 3.34. The molecule has 1 N–H and O–H groups in total. The Morgan fingerprint density at radius 1 is 1.03 bits per heavy atom. The van der Waals surface area contributed by atoms with Crippen molar-refractivity contribution in [3.8, 4) is 11.3 Å². The molecule has 178 valence electrons. The van der Waals surface area contributed by atoms with Gasteiger partial charge < -0.3 is 5.32 Å². The molecule has 2 aromatic heterocycles. The number of nitrogens with zero attached hydrogens (tertiary/aromatic N) is 5. The van der Waals surface area contributed by atoms with E-state index in [1.54, 1.807) is 6.07 Å². The number of pyridine rings is 1. The maximum Gasteiger partial charge on any atom is 0.252 e. The second-order valence-corrected chi connectivity index (χ2v) is 9.01. The zero-order valence-corrected chi connectivity index (χ0v) is 19.4. The van der Waals surface area contributed by atoms with Crippen LogP contribution in [-0.4, -0.2) is 31.1 Å². The van der Waals surface area contributed by atoms with E-state index in [2.05, 4.69) is 20.7 Å². The topological polar surface area (TPSA) is 85.6 Å². The number of para-hydroxylation sites is 1. The SMILES string of the molecule is O=C(NC(c1cccc(F)c1)C1CC1)c1c(Cn2ncnn2)c(-c2ccccc2)nc2ccccc12. The summed E-state index contributed by atoms with van der Waals surface area (Å²) in [6, 6.07) is 23.6. The average molecular weight is 479 g/mol. The van der Waals surface area contributed by atoms with Crippen molar-refractivity contribution < 1.29 is 9.18 Å². The summed E-state index contributed by atoms with van der Waals surface area (Å²) >= 11 is 0. The Labute approximate surface area is 207 Å². The van der Waals surface area contributed by atoms with E-state index in [4.69, 9.17) is 4.98 Å². The molecule has 36 heavy (non-hydrogen) atoms. The molecule has 1 amide bonds. The summed E-state index contributed by atoms with van der Waals surface area (Å²) in [6.45, 7) is 0.221.